The number of ether oxygens (including phenoxy) is 1. The van der Waals surface area contributed by atoms with E-state index < -0.39 is 24.2 Å². The van der Waals surface area contributed by atoms with Crippen LogP contribution in [0, 0.1) is 0 Å². The Morgan fingerprint density at radius 1 is 0.920 bits per heavy atom. The largest absolute Gasteiger partial charge is 0.439 e. The molecule has 0 aliphatic heterocycles. The van der Waals surface area contributed by atoms with Crippen LogP contribution < -0.4 is 4.74 Å². The Labute approximate surface area is 139 Å². The first kappa shape index (κ1) is 18.8. The maximum Gasteiger partial charge on any atom is 0.439 e. The fourth-order valence-corrected chi connectivity index (χ4v) is 1.99. The lowest BCUT2D eigenvalue weighted by atomic mass is 10.0. The second-order valence-corrected chi connectivity index (χ2v) is 5.18. The molecule has 0 fully saturated rings. The highest BCUT2D eigenvalue weighted by Crippen LogP contribution is 2.36. The number of hydrogen-bond acceptors (Lipinski definition) is 2. The molecule has 2 nitrogen and oxygen atoms in total. The predicted molar refractivity (Wildman–Crippen MR) is 77.4 cm³/mol. The molecule has 0 heterocycles. The van der Waals surface area contributed by atoms with Gasteiger partial charge in [-0.15, -0.1) is 0 Å². The van der Waals surface area contributed by atoms with E-state index in [1.54, 1.807) is 30.3 Å². The average Bonchev–Trinajstić information content (AvgIpc) is 2.55. The smallest absolute Gasteiger partial charge is 0.430 e. The summed E-state index contributed by atoms with van der Waals surface area (Å²) in [6.45, 7) is 0. The second kappa shape index (κ2) is 7.16. The van der Waals surface area contributed by atoms with Gasteiger partial charge in [-0.2, -0.15) is 22.0 Å². The van der Waals surface area contributed by atoms with Gasteiger partial charge in [0.05, 0.1) is 0 Å². The first-order chi connectivity index (χ1) is 11.6. The van der Waals surface area contributed by atoms with Gasteiger partial charge in [-0.1, -0.05) is 42.5 Å². The molecule has 0 aliphatic carbocycles. The lowest BCUT2D eigenvalue weighted by Gasteiger charge is -2.23. The summed E-state index contributed by atoms with van der Waals surface area (Å²) in [5, 5.41) is 0. The Morgan fingerprint density at radius 2 is 1.48 bits per heavy atom. The van der Waals surface area contributed by atoms with Crippen LogP contribution in [0.2, 0.25) is 0 Å². The third-order valence-electron chi connectivity index (χ3n) is 3.22. The third kappa shape index (κ3) is 4.98. The van der Waals surface area contributed by atoms with Gasteiger partial charge in [0.25, 0.3) is 6.17 Å². The minimum Gasteiger partial charge on any atom is -0.430 e. The standard InChI is InChI=1S/C17H12F6O2/c18-15(16(19,20)21)17(22,23)25-13-8-6-11(7-9-13)10-14(24)12-4-2-1-3-5-12/h1-9,15H,10H2. The Bertz CT molecular complexity index is 710. The van der Waals surface area contributed by atoms with Crippen molar-refractivity contribution in [3.63, 3.8) is 0 Å². The van der Waals surface area contributed by atoms with Gasteiger partial charge in [0, 0.05) is 12.0 Å². The van der Waals surface area contributed by atoms with Gasteiger partial charge in [0.2, 0.25) is 0 Å². The third-order valence-corrected chi connectivity index (χ3v) is 3.22. The normalized spacial score (nSPS) is 13.4. The van der Waals surface area contributed by atoms with E-state index in [9.17, 15) is 31.1 Å². The molecule has 25 heavy (non-hydrogen) atoms. The number of benzene rings is 2. The fraction of sp³-hybridized carbons (Fsp3) is 0.235. The van der Waals surface area contributed by atoms with Gasteiger partial charge in [0.15, 0.2) is 5.78 Å². The molecule has 2 aromatic carbocycles. The van der Waals surface area contributed by atoms with Crippen molar-refractivity contribution in [3.05, 3.63) is 65.7 Å². The molecule has 0 aromatic heterocycles. The van der Waals surface area contributed by atoms with E-state index >= 15 is 0 Å². The molecule has 0 radical (unpaired) electrons. The minimum absolute atomic E-state index is 0.0328. The molecule has 0 bridgehead atoms. The molecule has 2 rings (SSSR count). The van der Waals surface area contributed by atoms with Crippen molar-refractivity contribution in [1.29, 1.82) is 0 Å². The SMILES string of the molecule is O=C(Cc1ccc(OC(F)(F)C(F)C(F)(F)F)cc1)c1ccccc1. The van der Waals surface area contributed by atoms with Crippen LogP contribution in [0.15, 0.2) is 54.6 Å². The van der Waals surface area contributed by atoms with Crippen LogP contribution >= 0.6 is 0 Å². The highest BCUT2D eigenvalue weighted by Gasteiger charge is 2.59. The molecular formula is C17H12F6O2. The Morgan fingerprint density at radius 3 is 2.00 bits per heavy atom. The van der Waals surface area contributed by atoms with Crippen LogP contribution in [0.1, 0.15) is 15.9 Å². The fourth-order valence-electron chi connectivity index (χ4n) is 1.99. The van der Waals surface area contributed by atoms with E-state index in [1.807, 2.05) is 0 Å². The van der Waals surface area contributed by atoms with Crippen molar-refractivity contribution in [2.45, 2.75) is 24.9 Å². The Kier molecular flexibility index (Phi) is 5.39. The summed E-state index contributed by atoms with van der Waals surface area (Å²) >= 11 is 0. The van der Waals surface area contributed by atoms with Crippen molar-refractivity contribution in [1.82, 2.24) is 0 Å². The van der Waals surface area contributed by atoms with E-state index in [0.717, 1.165) is 12.1 Å². The summed E-state index contributed by atoms with van der Waals surface area (Å²) in [4.78, 5) is 12.0. The summed E-state index contributed by atoms with van der Waals surface area (Å²) in [5.74, 6) is -0.867. The van der Waals surface area contributed by atoms with Crippen LogP contribution in [0.3, 0.4) is 0 Å². The molecular weight excluding hydrogens is 350 g/mol. The van der Waals surface area contributed by atoms with Crippen LogP contribution in [-0.2, 0) is 6.42 Å². The van der Waals surface area contributed by atoms with Gasteiger partial charge in [-0.25, -0.2) is 4.39 Å². The highest BCUT2D eigenvalue weighted by atomic mass is 19.4. The van der Waals surface area contributed by atoms with Gasteiger partial charge in [-0.3, -0.25) is 4.79 Å². The van der Waals surface area contributed by atoms with Crippen molar-refractivity contribution in [2.75, 3.05) is 0 Å². The van der Waals surface area contributed by atoms with Gasteiger partial charge in [0.1, 0.15) is 5.75 Å². The maximum absolute atomic E-state index is 13.2. The molecule has 0 saturated heterocycles. The number of rotatable bonds is 6. The van der Waals surface area contributed by atoms with Crippen molar-refractivity contribution in [2.24, 2.45) is 0 Å². The number of Topliss-reactive ketones (excluding diaryl/α,β-unsaturated/α-hetero) is 1. The number of carbonyl (C=O) groups is 1. The van der Waals surface area contributed by atoms with Crippen LogP contribution in [0.5, 0.6) is 5.75 Å². The van der Waals surface area contributed by atoms with E-state index in [2.05, 4.69) is 4.74 Å². The van der Waals surface area contributed by atoms with Crippen molar-refractivity contribution >= 4 is 5.78 Å². The lowest BCUT2D eigenvalue weighted by molar-refractivity contribution is -0.304. The number of alkyl halides is 6. The Balaban J connectivity index is 2.04. The average molecular weight is 362 g/mol. The summed E-state index contributed by atoms with van der Waals surface area (Å²) in [5.41, 5.74) is 0.900. The highest BCUT2D eigenvalue weighted by molar-refractivity contribution is 5.97. The van der Waals surface area contributed by atoms with Crippen LogP contribution in [0.25, 0.3) is 0 Å². The summed E-state index contributed by atoms with van der Waals surface area (Å²) in [7, 11) is 0. The van der Waals surface area contributed by atoms with Gasteiger partial charge < -0.3 is 4.74 Å². The molecule has 0 saturated carbocycles. The molecule has 134 valence electrons. The molecule has 0 spiro atoms. The van der Waals surface area contributed by atoms with Gasteiger partial charge in [-0.05, 0) is 17.7 Å². The van der Waals surface area contributed by atoms with Crippen molar-refractivity contribution < 1.29 is 35.9 Å². The summed E-state index contributed by atoms with van der Waals surface area (Å²) in [6.07, 6.45) is -15.3. The predicted octanol–water partition coefficient (Wildman–Crippen LogP) is 4.98. The quantitative estimate of drug-likeness (QED) is 0.535. The minimum atomic E-state index is -5.74. The number of ketones is 1. The number of carbonyl (C=O) groups excluding carboxylic acids is 1. The zero-order valence-corrected chi connectivity index (χ0v) is 12.6. The molecule has 8 heteroatoms. The summed E-state index contributed by atoms with van der Waals surface area (Å²) < 4.78 is 79.0. The Hall–Kier alpha value is -2.51. The van der Waals surface area contributed by atoms with E-state index in [-0.39, 0.29) is 12.2 Å². The van der Waals surface area contributed by atoms with Crippen LogP contribution in [0.4, 0.5) is 26.3 Å². The molecule has 0 amide bonds. The van der Waals surface area contributed by atoms with Crippen LogP contribution in [-0.4, -0.2) is 24.2 Å². The topological polar surface area (TPSA) is 26.3 Å². The molecule has 0 N–H and O–H groups in total. The van der Waals surface area contributed by atoms with Gasteiger partial charge >= 0.3 is 12.3 Å². The second-order valence-electron chi connectivity index (χ2n) is 5.18. The zero-order valence-electron chi connectivity index (χ0n) is 12.6. The molecule has 2 aromatic rings. The van der Waals surface area contributed by atoms with Crippen molar-refractivity contribution in [3.8, 4) is 5.75 Å². The van der Waals surface area contributed by atoms with E-state index in [1.165, 1.54) is 12.1 Å². The molecule has 0 aliphatic rings. The monoisotopic (exact) mass is 362 g/mol. The molecule has 1 atom stereocenters. The maximum atomic E-state index is 13.2. The van der Waals surface area contributed by atoms with E-state index in [0.29, 0.717) is 11.1 Å². The molecule has 1 unspecified atom stereocenters. The number of halogens is 6. The summed E-state index contributed by atoms with van der Waals surface area (Å²) in [6, 6.07) is 12.7. The lowest BCUT2D eigenvalue weighted by Crippen LogP contribution is -2.45. The number of hydrogen-bond donors (Lipinski definition) is 0. The first-order valence-electron chi connectivity index (χ1n) is 7.04. The first-order valence-corrected chi connectivity index (χ1v) is 7.04. The van der Waals surface area contributed by atoms with E-state index in [4.69, 9.17) is 0 Å². The zero-order chi connectivity index (χ0) is 18.7.